The molecule has 2 heterocycles. The van der Waals surface area contributed by atoms with Gasteiger partial charge in [0, 0.05) is 11.4 Å². The molecule has 0 radical (unpaired) electrons. The Kier molecular flexibility index (Phi) is 5.12. The summed E-state index contributed by atoms with van der Waals surface area (Å²) in [6.07, 6.45) is 1.15. The van der Waals surface area contributed by atoms with E-state index in [1.165, 1.54) is 6.07 Å². The van der Waals surface area contributed by atoms with E-state index in [-0.39, 0.29) is 10.2 Å². The Bertz CT molecular complexity index is 851. The molecule has 134 valence electrons. The number of aromatic nitrogens is 2. The molecular formula is C17H18ClF3N2OSi. The highest BCUT2D eigenvalue weighted by molar-refractivity contribution is 6.93. The summed E-state index contributed by atoms with van der Waals surface area (Å²) < 4.78 is 43.2. The fraction of sp³-hybridized carbons (Fsp3) is 0.353. The van der Waals surface area contributed by atoms with E-state index in [9.17, 15) is 13.6 Å². The Morgan fingerprint density at radius 1 is 1.16 bits per heavy atom. The molecule has 2 rings (SSSR count). The molecule has 0 aliphatic carbocycles. The average Bonchev–Trinajstić information content (AvgIpc) is 2.49. The van der Waals surface area contributed by atoms with Crippen LogP contribution in [0.15, 0.2) is 18.3 Å². The molecule has 2 aromatic rings. The van der Waals surface area contributed by atoms with Crippen LogP contribution < -0.4 is 5.19 Å². The van der Waals surface area contributed by atoms with E-state index in [2.05, 4.69) is 9.97 Å². The molecule has 0 atom stereocenters. The lowest BCUT2D eigenvalue weighted by Gasteiger charge is -2.38. The second-order valence-corrected chi connectivity index (χ2v) is 12.9. The zero-order chi connectivity index (χ0) is 19.2. The van der Waals surface area contributed by atoms with Gasteiger partial charge in [-0.25, -0.2) is 14.4 Å². The quantitative estimate of drug-likeness (QED) is 0.443. The minimum absolute atomic E-state index is 0.0261. The molecule has 3 nitrogen and oxygen atoms in total. The van der Waals surface area contributed by atoms with E-state index in [1.54, 1.807) is 0 Å². The smallest absolute Gasteiger partial charge is 0.232 e. The van der Waals surface area contributed by atoms with Crippen molar-refractivity contribution < 1.29 is 18.0 Å². The summed E-state index contributed by atoms with van der Waals surface area (Å²) in [5.74, 6) is -4.28. The van der Waals surface area contributed by atoms with E-state index in [1.807, 2.05) is 33.9 Å². The van der Waals surface area contributed by atoms with Gasteiger partial charge in [0.2, 0.25) is 17.7 Å². The van der Waals surface area contributed by atoms with Gasteiger partial charge >= 0.3 is 0 Å². The van der Waals surface area contributed by atoms with Crippen LogP contribution in [-0.2, 0) is 0 Å². The summed E-state index contributed by atoms with van der Waals surface area (Å²) in [6, 6.07) is 2.47. The van der Waals surface area contributed by atoms with Crippen LogP contribution in [0.3, 0.4) is 0 Å². The zero-order valence-corrected chi connectivity index (χ0v) is 16.3. The molecule has 0 aromatic carbocycles. The molecule has 8 heteroatoms. The van der Waals surface area contributed by atoms with Crippen molar-refractivity contribution in [3.8, 4) is 0 Å². The van der Waals surface area contributed by atoms with Gasteiger partial charge in [0.25, 0.3) is 0 Å². The number of carbonyl (C=O) groups is 1. The van der Waals surface area contributed by atoms with Gasteiger partial charge in [-0.15, -0.1) is 0 Å². The molecule has 0 fully saturated rings. The van der Waals surface area contributed by atoms with Crippen LogP contribution in [0.2, 0.25) is 23.2 Å². The first kappa shape index (κ1) is 19.6. The highest BCUT2D eigenvalue weighted by Gasteiger charge is 2.43. The lowest BCUT2D eigenvalue weighted by Crippen LogP contribution is -2.52. The Morgan fingerprint density at radius 3 is 2.28 bits per heavy atom. The molecule has 0 amide bonds. The summed E-state index contributed by atoms with van der Waals surface area (Å²) in [5.41, 5.74) is -1.26. The molecule has 0 saturated heterocycles. The molecular weight excluding hydrogens is 369 g/mol. The Labute approximate surface area is 150 Å². The van der Waals surface area contributed by atoms with Crippen molar-refractivity contribution in [1.82, 2.24) is 9.97 Å². The monoisotopic (exact) mass is 386 g/mol. The molecule has 0 unspecified atom stereocenters. The first-order valence-electron chi connectivity index (χ1n) is 7.59. The maximum Gasteiger partial charge on any atom is 0.232 e. The molecule has 2 aromatic heterocycles. The van der Waals surface area contributed by atoms with Gasteiger partial charge in [-0.05, 0) is 17.2 Å². The van der Waals surface area contributed by atoms with Gasteiger partial charge < -0.3 is 0 Å². The largest absolute Gasteiger partial charge is 0.287 e. The second-order valence-electron chi connectivity index (χ2n) is 7.30. The van der Waals surface area contributed by atoms with E-state index in [4.69, 9.17) is 11.6 Å². The number of ketones is 1. The molecule has 0 aliphatic heterocycles. The van der Waals surface area contributed by atoms with Crippen molar-refractivity contribution in [2.24, 2.45) is 0 Å². The maximum absolute atomic E-state index is 15.2. The number of hydrogen-bond acceptors (Lipinski definition) is 3. The van der Waals surface area contributed by atoms with Crippen LogP contribution in [0.25, 0.3) is 0 Å². The highest BCUT2D eigenvalue weighted by atomic mass is 35.5. The van der Waals surface area contributed by atoms with Gasteiger partial charge in [-0.2, -0.15) is 8.78 Å². The zero-order valence-electron chi connectivity index (χ0n) is 14.5. The van der Waals surface area contributed by atoms with E-state index in [0.29, 0.717) is 0 Å². The van der Waals surface area contributed by atoms with Crippen molar-refractivity contribution >= 4 is 30.6 Å². The SMILES string of the molecule is CC(C)(C)[Si](C)(C)c1c(F)c(C(=O)c2cccnc2F)nc(F)c1Cl. The fourth-order valence-electron chi connectivity index (χ4n) is 2.27. The fourth-order valence-corrected chi connectivity index (χ4v) is 5.17. The number of rotatable bonds is 3. The normalized spacial score (nSPS) is 12.4. The van der Waals surface area contributed by atoms with Gasteiger partial charge in [0.05, 0.1) is 18.7 Å². The maximum atomic E-state index is 15.2. The van der Waals surface area contributed by atoms with Crippen LogP contribution >= 0.6 is 11.6 Å². The summed E-state index contributed by atoms with van der Waals surface area (Å²) in [5, 5.41) is -0.820. The number of carbonyl (C=O) groups excluding carboxylic acids is 1. The van der Waals surface area contributed by atoms with Gasteiger partial charge in [-0.1, -0.05) is 45.5 Å². The van der Waals surface area contributed by atoms with Crippen LogP contribution in [-0.4, -0.2) is 23.8 Å². The van der Waals surface area contributed by atoms with Crippen molar-refractivity contribution in [3.05, 3.63) is 52.3 Å². The minimum Gasteiger partial charge on any atom is -0.287 e. The van der Waals surface area contributed by atoms with Crippen molar-refractivity contribution in [3.63, 3.8) is 0 Å². The predicted molar refractivity (Wildman–Crippen MR) is 93.6 cm³/mol. The number of hydrogen-bond donors (Lipinski definition) is 0. The lowest BCUT2D eigenvalue weighted by molar-refractivity contribution is 0.102. The van der Waals surface area contributed by atoms with E-state index in [0.717, 1.165) is 12.3 Å². The second kappa shape index (κ2) is 6.53. The Hall–Kier alpha value is -1.73. The standard InChI is InChI=1S/C17H18ClF3N2OSi/c1-17(2,3)25(4,5)14-10(18)16(21)23-12(11(14)19)13(24)9-7-6-8-22-15(9)20/h6-8H,1-5H3. The topological polar surface area (TPSA) is 42.9 Å². The molecule has 0 bridgehead atoms. The van der Waals surface area contributed by atoms with Gasteiger partial charge in [-0.3, -0.25) is 4.79 Å². The van der Waals surface area contributed by atoms with Gasteiger partial charge in [0.15, 0.2) is 5.82 Å². The van der Waals surface area contributed by atoms with Crippen LogP contribution in [0.4, 0.5) is 13.2 Å². The number of halogens is 4. The highest BCUT2D eigenvalue weighted by Crippen LogP contribution is 2.38. The Morgan fingerprint density at radius 2 is 1.76 bits per heavy atom. The van der Waals surface area contributed by atoms with E-state index < -0.39 is 47.8 Å². The van der Waals surface area contributed by atoms with Crippen molar-refractivity contribution in [2.45, 2.75) is 38.9 Å². The van der Waals surface area contributed by atoms with Crippen LogP contribution in [0.5, 0.6) is 0 Å². The first-order valence-corrected chi connectivity index (χ1v) is 11.0. The third-order valence-electron chi connectivity index (χ3n) is 4.76. The summed E-state index contributed by atoms with van der Waals surface area (Å²) in [7, 11) is -2.64. The third kappa shape index (κ3) is 3.35. The molecule has 0 spiro atoms. The summed E-state index contributed by atoms with van der Waals surface area (Å²) in [6.45, 7) is 9.35. The Balaban J connectivity index is 2.76. The molecule has 0 N–H and O–H groups in total. The number of pyridine rings is 2. The lowest BCUT2D eigenvalue weighted by atomic mass is 10.1. The van der Waals surface area contributed by atoms with Crippen LogP contribution in [0.1, 0.15) is 36.8 Å². The first-order chi connectivity index (χ1) is 11.4. The predicted octanol–water partition coefficient (Wildman–Crippen LogP) is 4.49. The van der Waals surface area contributed by atoms with Crippen molar-refractivity contribution in [1.29, 1.82) is 0 Å². The number of nitrogens with zero attached hydrogens (tertiary/aromatic N) is 2. The van der Waals surface area contributed by atoms with E-state index >= 15 is 4.39 Å². The minimum atomic E-state index is -2.64. The molecule has 0 aliphatic rings. The summed E-state index contributed by atoms with van der Waals surface area (Å²) in [4.78, 5) is 19.2. The third-order valence-corrected chi connectivity index (χ3v) is 10.7. The van der Waals surface area contributed by atoms with Crippen molar-refractivity contribution in [2.75, 3.05) is 0 Å². The molecule has 0 saturated carbocycles. The van der Waals surface area contributed by atoms with Crippen LogP contribution in [0, 0.1) is 17.7 Å². The van der Waals surface area contributed by atoms with Gasteiger partial charge in [0.1, 0.15) is 5.69 Å². The summed E-state index contributed by atoms with van der Waals surface area (Å²) >= 11 is 6.00. The molecule has 25 heavy (non-hydrogen) atoms. The average molecular weight is 387 g/mol.